The van der Waals surface area contributed by atoms with Gasteiger partial charge in [0.05, 0.1) is 19.0 Å². The standard InChI is InChI=1S/C27H29FN2O3S/c1-2-14-29(26(31)17-20-6-4-3-5-7-20)18-27(32)30-15-12-25-23(13-16-34-25)24(30)19-33-22-10-8-21(28)9-11-22/h3-11,13,16,24H,2,12,14-15,17-19H2,1H3. The van der Waals surface area contributed by atoms with E-state index >= 15 is 0 Å². The number of hydrogen-bond acceptors (Lipinski definition) is 4. The molecule has 178 valence electrons. The molecule has 2 amide bonds. The molecule has 2 heterocycles. The minimum Gasteiger partial charge on any atom is -0.491 e. The second-order valence-electron chi connectivity index (χ2n) is 8.39. The number of halogens is 1. The maximum atomic E-state index is 13.5. The number of carbonyl (C=O) groups is 2. The molecule has 0 saturated heterocycles. The van der Waals surface area contributed by atoms with E-state index in [0.717, 1.165) is 24.0 Å². The molecule has 0 saturated carbocycles. The molecule has 0 aliphatic carbocycles. The van der Waals surface area contributed by atoms with Crippen molar-refractivity contribution in [1.29, 1.82) is 0 Å². The first-order valence-corrected chi connectivity index (χ1v) is 12.5. The Morgan fingerprint density at radius 3 is 2.62 bits per heavy atom. The lowest BCUT2D eigenvalue weighted by atomic mass is 10.0. The monoisotopic (exact) mass is 480 g/mol. The fourth-order valence-electron chi connectivity index (χ4n) is 4.28. The lowest BCUT2D eigenvalue weighted by Gasteiger charge is -2.37. The fourth-order valence-corrected chi connectivity index (χ4v) is 5.21. The van der Waals surface area contributed by atoms with Gasteiger partial charge in [-0.2, -0.15) is 0 Å². The molecule has 0 bridgehead atoms. The molecular formula is C27H29FN2O3S. The van der Waals surface area contributed by atoms with Crippen LogP contribution in [0.1, 0.15) is 35.4 Å². The Balaban J connectivity index is 1.47. The van der Waals surface area contributed by atoms with E-state index in [1.54, 1.807) is 28.4 Å². The second-order valence-corrected chi connectivity index (χ2v) is 9.40. The zero-order chi connectivity index (χ0) is 23.9. The number of hydrogen-bond donors (Lipinski definition) is 0. The van der Waals surface area contributed by atoms with Gasteiger partial charge < -0.3 is 14.5 Å². The molecule has 0 N–H and O–H groups in total. The van der Waals surface area contributed by atoms with E-state index in [2.05, 4.69) is 0 Å². The van der Waals surface area contributed by atoms with Gasteiger partial charge in [-0.25, -0.2) is 4.39 Å². The molecule has 0 fully saturated rings. The zero-order valence-corrected chi connectivity index (χ0v) is 20.1. The molecule has 5 nitrogen and oxygen atoms in total. The van der Waals surface area contributed by atoms with Gasteiger partial charge in [0.25, 0.3) is 0 Å². The van der Waals surface area contributed by atoms with Crippen LogP contribution in [0.15, 0.2) is 66.0 Å². The molecule has 1 aliphatic heterocycles. The summed E-state index contributed by atoms with van der Waals surface area (Å²) in [4.78, 5) is 31.2. The SMILES string of the molecule is CCCN(CC(=O)N1CCc2sccc2C1COc1ccc(F)cc1)C(=O)Cc1ccccc1. The highest BCUT2D eigenvalue weighted by molar-refractivity contribution is 7.10. The molecule has 1 aliphatic rings. The van der Waals surface area contributed by atoms with Crippen molar-refractivity contribution in [2.75, 3.05) is 26.2 Å². The van der Waals surface area contributed by atoms with Crippen molar-refractivity contribution in [2.45, 2.75) is 32.2 Å². The van der Waals surface area contributed by atoms with Gasteiger partial charge in [0.1, 0.15) is 18.2 Å². The van der Waals surface area contributed by atoms with E-state index in [1.807, 2.05) is 53.6 Å². The van der Waals surface area contributed by atoms with Gasteiger partial charge in [0.2, 0.25) is 11.8 Å². The minimum absolute atomic E-state index is 0.0475. The predicted molar refractivity (Wildman–Crippen MR) is 131 cm³/mol. The minimum atomic E-state index is -0.321. The maximum Gasteiger partial charge on any atom is 0.242 e. The number of ether oxygens (including phenoxy) is 1. The Morgan fingerprint density at radius 1 is 1.12 bits per heavy atom. The van der Waals surface area contributed by atoms with Crippen LogP contribution in [-0.2, 0) is 22.4 Å². The van der Waals surface area contributed by atoms with E-state index in [1.165, 1.54) is 17.0 Å². The fraction of sp³-hybridized carbons (Fsp3) is 0.333. The van der Waals surface area contributed by atoms with Gasteiger partial charge in [-0.1, -0.05) is 37.3 Å². The largest absolute Gasteiger partial charge is 0.491 e. The van der Waals surface area contributed by atoms with Gasteiger partial charge in [0.15, 0.2) is 0 Å². The van der Waals surface area contributed by atoms with Gasteiger partial charge in [-0.15, -0.1) is 11.3 Å². The Hall–Kier alpha value is -3.19. The summed E-state index contributed by atoms with van der Waals surface area (Å²) in [5.41, 5.74) is 2.02. The first-order valence-electron chi connectivity index (χ1n) is 11.6. The quantitative estimate of drug-likeness (QED) is 0.439. The third-order valence-electron chi connectivity index (χ3n) is 6.01. The summed E-state index contributed by atoms with van der Waals surface area (Å²) in [6.45, 7) is 3.44. The van der Waals surface area contributed by atoms with Crippen LogP contribution in [0.25, 0.3) is 0 Å². The summed E-state index contributed by atoms with van der Waals surface area (Å²) in [7, 11) is 0. The van der Waals surface area contributed by atoms with Crippen LogP contribution in [-0.4, -0.2) is 47.9 Å². The number of rotatable bonds is 9. The maximum absolute atomic E-state index is 13.5. The molecule has 0 radical (unpaired) electrons. The smallest absolute Gasteiger partial charge is 0.242 e. The van der Waals surface area contributed by atoms with Gasteiger partial charge in [0, 0.05) is 18.0 Å². The molecule has 1 aromatic heterocycles. The number of carbonyl (C=O) groups excluding carboxylic acids is 2. The van der Waals surface area contributed by atoms with E-state index < -0.39 is 0 Å². The number of nitrogens with zero attached hydrogens (tertiary/aromatic N) is 2. The number of fused-ring (bicyclic) bond motifs is 1. The summed E-state index contributed by atoms with van der Waals surface area (Å²) in [6, 6.07) is 17.3. The Labute approximate surface area is 203 Å². The average molecular weight is 481 g/mol. The van der Waals surface area contributed by atoms with Crippen molar-refractivity contribution in [3.05, 3.63) is 87.9 Å². The topological polar surface area (TPSA) is 49.9 Å². The van der Waals surface area contributed by atoms with E-state index in [4.69, 9.17) is 4.74 Å². The second kappa shape index (κ2) is 11.3. The Kier molecular flexibility index (Phi) is 7.95. The Bertz CT molecular complexity index is 1100. The van der Waals surface area contributed by atoms with E-state index in [0.29, 0.717) is 18.8 Å². The lowest BCUT2D eigenvalue weighted by molar-refractivity contribution is -0.142. The molecule has 2 aromatic carbocycles. The van der Waals surface area contributed by atoms with Crippen LogP contribution < -0.4 is 4.74 Å². The number of amides is 2. The molecule has 7 heteroatoms. The summed E-state index contributed by atoms with van der Waals surface area (Å²) >= 11 is 1.69. The number of thiophene rings is 1. The van der Waals surface area contributed by atoms with E-state index in [-0.39, 0.29) is 43.2 Å². The van der Waals surface area contributed by atoms with Crippen molar-refractivity contribution >= 4 is 23.2 Å². The summed E-state index contributed by atoms with van der Waals surface area (Å²) in [6.07, 6.45) is 1.84. The third kappa shape index (κ3) is 5.83. The highest BCUT2D eigenvalue weighted by Crippen LogP contribution is 2.34. The van der Waals surface area contributed by atoms with Crippen LogP contribution >= 0.6 is 11.3 Å². The van der Waals surface area contributed by atoms with Gasteiger partial charge in [-0.05, 0) is 59.7 Å². The molecular weight excluding hydrogens is 451 g/mol. The first kappa shape index (κ1) is 24.0. The third-order valence-corrected chi connectivity index (χ3v) is 7.00. The van der Waals surface area contributed by atoms with Gasteiger partial charge in [-0.3, -0.25) is 9.59 Å². The van der Waals surface area contributed by atoms with Crippen molar-refractivity contribution in [3.8, 4) is 5.75 Å². The molecule has 0 spiro atoms. The summed E-state index contributed by atoms with van der Waals surface area (Å²) < 4.78 is 19.2. The summed E-state index contributed by atoms with van der Waals surface area (Å²) in [5.74, 6) is 0.105. The van der Waals surface area contributed by atoms with Crippen LogP contribution in [0.3, 0.4) is 0 Å². The van der Waals surface area contributed by atoms with Gasteiger partial charge >= 0.3 is 0 Å². The van der Waals surface area contributed by atoms with Crippen LogP contribution in [0.2, 0.25) is 0 Å². The van der Waals surface area contributed by atoms with Crippen molar-refractivity contribution in [1.82, 2.24) is 9.80 Å². The van der Waals surface area contributed by atoms with E-state index in [9.17, 15) is 14.0 Å². The predicted octanol–water partition coefficient (Wildman–Crippen LogP) is 4.87. The van der Waals surface area contributed by atoms with Crippen LogP contribution in [0, 0.1) is 5.82 Å². The van der Waals surface area contributed by atoms with Crippen LogP contribution in [0.4, 0.5) is 4.39 Å². The molecule has 1 atom stereocenters. The molecule has 3 aromatic rings. The summed E-state index contributed by atoms with van der Waals surface area (Å²) in [5, 5.41) is 2.04. The van der Waals surface area contributed by atoms with Crippen LogP contribution in [0.5, 0.6) is 5.75 Å². The Morgan fingerprint density at radius 2 is 1.88 bits per heavy atom. The zero-order valence-electron chi connectivity index (χ0n) is 19.3. The highest BCUT2D eigenvalue weighted by Gasteiger charge is 2.33. The van der Waals surface area contributed by atoms with Crippen molar-refractivity contribution < 1.29 is 18.7 Å². The average Bonchev–Trinajstić information content (AvgIpc) is 3.33. The first-order chi connectivity index (χ1) is 16.5. The molecule has 34 heavy (non-hydrogen) atoms. The lowest BCUT2D eigenvalue weighted by Crippen LogP contribution is -2.48. The number of benzene rings is 2. The molecule has 1 unspecified atom stereocenters. The van der Waals surface area contributed by atoms with Crippen molar-refractivity contribution in [3.63, 3.8) is 0 Å². The van der Waals surface area contributed by atoms with Crippen molar-refractivity contribution in [2.24, 2.45) is 0 Å². The normalized spacial score (nSPS) is 15.0. The highest BCUT2D eigenvalue weighted by atomic mass is 32.1. The molecule has 4 rings (SSSR count).